The lowest BCUT2D eigenvalue weighted by Gasteiger charge is -2.35. The van der Waals surface area contributed by atoms with E-state index in [-0.39, 0.29) is 11.6 Å². The average molecular weight is 402 g/mol. The first-order valence-electron chi connectivity index (χ1n) is 8.35. The van der Waals surface area contributed by atoms with Crippen molar-refractivity contribution >= 4 is 17.4 Å². The molecule has 1 N–H and O–H groups in total. The minimum absolute atomic E-state index is 0.0837. The fourth-order valence-corrected chi connectivity index (χ4v) is 3.23. The Balaban J connectivity index is 1.64. The van der Waals surface area contributed by atoms with Gasteiger partial charge in [0.05, 0.1) is 12.1 Å². The number of phenols is 1. The molecule has 1 aliphatic heterocycles. The summed E-state index contributed by atoms with van der Waals surface area (Å²) >= 11 is 5.63. The van der Waals surface area contributed by atoms with E-state index >= 15 is 0 Å². The Morgan fingerprint density at radius 2 is 1.85 bits per heavy atom. The Labute approximate surface area is 159 Å². The standard InChI is InChI=1S/C18H19ClF3N3O2/c1-27-15-10-12(2-4-14(15)26)11-24-6-8-25(9-7-24)16-5-3-13(19)17(23-16)18(20,21)22/h2-5,10,26H,6-9,11H2,1H3. The van der Waals surface area contributed by atoms with Gasteiger partial charge in [-0.05, 0) is 29.8 Å². The molecule has 0 aliphatic carbocycles. The first-order valence-corrected chi connectivity index (χ1v) is 8.72. The van der Waals surface area contributed by atoms with Crippen LogP contribution in [0.4, 0.5) is 19.0 Å². The number of piperazine rings is 1. The predicted octanol–water partition coefficient (Wildman–Crippen LogP) is 3.79. The van der Waals surface area contributed by atoms with E-state index in [0.717, 1.165) is 5.56 Å². The molecule has 2 aromatic rings. The van der Waals surface area contributed by atoms with Crippen molar-refractivity contribution in [3.05, 3.63) is 46.6 Å². The van der Waals surface area contributed by atoms with E-state index in [4.69, 9.17) is 16.3 Å². The van der Waals surface area contributed by atoms with Crippen molar-refractivity contribution in [1.82, 2.24) is 9.88 Å². The molecule has 1 aliphatic rings. The first-order chi connectivity index (χ1) is 12.8. The Morgan fingerprint density at radius 3 is 2.48 bits per heavy atom. The van der Waals surface area contributed by atoms with E-state index in [1.807, 2.05) is 11.0 Å². The van der Waals surface area contributed by atoms with Gasteiger partial charge in [0, 0.05) is 32.7 Å². The fraction of sp³-hybridized carbons (Fsp3) is 0.389. The predicted molar refractivity (Wildman–Crippen MR) is 96.4 cm³/mol. The molecular weight excluding hydrogens is 383 g/mol. The highest BCUT2D eigenvalue weighted by Gasteiger charge is 2.36. The Kier molecular flexibility index (Phi) is 5.67. The molecule has 1 saturated heterocycles. The number of pyridine rings is 1. The van der Waals surface area contributed by atoms with Gasteiger partial charge in [0.15, 0.2) is 17.2 Å². The van der Waals surface area contributed by atoms with E-state index in [1.54, 1.807) is 12.1 Å². The maximum atomic E-state index is 13.0. The van der Waals surface area contributed by atoms with Gasteiger partial charge in [-0.3, -0.25) is 4.90 Å². The van der Waals surface area contributed by atoms with E-state index in [9.17, 15) is 18.3 Å². The number of ether oxygens (including phenoxy) is 1. The number of aromatic nitrogens is 1. The van der Waals surface area contributed by atoms with Crippen molar-refractivity contribution in [2.24, 2.45) is 0 Å². The summed E-state index contributed by atoms with van der Waals surface area (Å²) in [5.74, 6) is 0.772. The number of anilines is 1. The molecule has 146 valence electrons. The summed E-state index contributed by atoms with van der Waals surface area (Å²) in [4.78, 5) is 7.72. The van der Waals surface area contributed by atoms with Crippen molar-refractivity contribution in [2.75, 3.05) is 38.2 Å². The second-order valence-electron chi connectivity index (χ2n) is 6.27. The monoisotopic (exact) mass is 401 g/mol. The number of halogens is 4. The molecule has 1 aromatic carbocycles. The second-order valence-corrected chi connectivity index (χ2v) is 6.67. The highest BCUT2D eigenvalue weighted by molar-refractivity contribution is 6.31. The van der Waals surface area contributed by atoms with Gasteiger partial charge in [-0.2, -0.15) is 13.2 Å². The number of phenolic OH excluding ortho intramolecular Hbond substituents is 1. The van der Waals surface area contributed by atoms with E-state index in [1.165, 1.54) is 19.2 Å². The molecular formula is C18H19ClF3N3O2. The van der Waals surface area contributed by atoms with Crippen LogP contribution in [0, 0.1) is 0 Å². The van der Waals surface area contributed by atoms with Crippen LogP contribution < -0.4 is 9.64 Å². The topological polar surface area (TPSA) is 48.8 Å². The Hall–Kier alpha value is -2.19. The van der Waals surface area contributed by atoms with Crippen LogP contribution in [-0.2, 0) is 12.7 Å². The van der Waals surface area contributed by atoms with Crippen LogP contribution in [0.5, 0.6) is 11.5 Å². The largest absolute Gasteiger partial charge is 0.504 e. The van der Waals surface area contributed by atoms with Gasteiger partial charge in [-0.15, -0.1) is 0 Å². The van der Waals surface area contributed by atoms with Gasteiger partial charge in [-0.1, -0.05) is 17.7 Å². The molecule has 3 rings (SSSR count). The Morgan fingerprint density at radius 1 is 1.15 bits per heavy atom. The quantitative estimate of drug-likeness (QED) is 0.844. The van der Waals surface area contributed by atoms with E-state index < -0.39 is 16.9 Å². The molecule has 0 radical (unpaired) electrons. The second kappa shape index (κ2) is 7.82. The van der Waals surface area contributed by atoms with Crippen LogP contribution in [-0.4, -0.2) is 48.3 Å². The number of hydrogen-bond acceptors (Lipinski definition) is 5. The van der Waals surface area contributed by atoms with Gasteiger partial charge in [-0.25, -0.2) is 4.98 Å². The van der Waals surface area contributed by atoms with Crippen molar-refractivity contribution in [3.63, 3.8) is 0 Å². The number of benzene rings is 1. The van der Waals surface area contributed by atoms with Gasteiger partial charge >= 0.3 is 6.18 Å². The zero-order valence-electron chi connectivity index (χ0n) is 14.6. The summed E-state index contributed by atoms with van der Waals surface area (Å²) in [6.07, 6.45) is -4.58. The normalized spacial score (nSPS) is 15.8. The number of rotatable bonds is 4. The van der Waals surface area contributed by atoms with E-state index in [0.29, 0.717) is 38.5 Å². The van der Waals surface area contributed by atoms with Crippen LogP contribution in [0.25, 0.3) is 0 Å². The summed E-state index contributed by atoms with van der Waals surface area (Å²) in [5, 5.41) is 9.26. The third-order valence-corrected chi connectivity index (χ3v) is 4.75. The van der Waals surface area contributed by atoms with Crippen LogP contribution in [0.1, 0.15) is 11.3 Å². The molecule has 5 nitrogen and oxygen atoms in total. The van der Waals surface area contributed by atoms with Gasteiger partial charge < -0.3 is 14.7 Å². The molecule has 0 bridgehead atoms. The lowest BCUT2D eigenvalue weighted by molar-refractivity contribution is -0.141. The number of alkyl halides is 3. The highest BCUT2D eigenvalue weighted by atomic mass is 35.5. The number of methoxy groups -OCH3 is 1. The summed E-state index contributed by atoms with van der Waals surface area (Å²) in [7, 11) is 1.49. The highest BCUT2D eigenvalue weighted by Crippen LogP contribution is 2.34. The summed E-state index contributed by atoms with van der Waals surface area (Å²) < 4.78 is 44.1. The summed E-state index contributed by atoms with van der Waals surface area (Å²) in [6, 6.07) is 7.93. The van der Waals surface area contributed by atoms with Crippen molar-refractivity contribution in [3.8, 4) is 11.5 Å². The number of aromatic hydroxyl groups is 1. The molecule has 0 atom stereocenters. The van der Waals surface area contributed by atoms with Crippen LogP contribution >= 0.6 is 11.6 Å². The van der Waals surface area contributed by atoms with Crippen LogP contribution in [0.15, 0.2) is 30.3 Å². The molecule has 1 fully saturated rings. The lowest BCUT2D eigenvalue weighted by Crippen LogP contribution is -2.46. The average Bonchev–Trinajstić information content (AvgIpc) is 2.63. The maximum absolute atomic E-state index is 13.0. The molecule has 0 amide bonds. The van der Waals surface area contributed by atoms with Crippen molar-refractivity contribution < 1.29 is 23.0 Å². The van der Waals surface area contributed by atoms with E-state index in [2.05, 4.69) is 9.88 Å². The molecule has 0 saturated carbocycles. The summed E-state index contributed by atoms with van der Waals surface area (Å²) in [6.45, 7) is 3.12. The molecule has 1 aromatic heterocycles. The SMILES string of the molecule is COc1cc(CN2CCN(c3ccc(Cl)c(C(F)(F)F)n3)CC2)ccc1O. The van der Waals surface area contributed by atoms with Crippen LogP contribution in [0.2, 0.25) is 5.02 Å². The molecule has 0 spiro atoms. The zero-order chi connectivity index (χ0) is 19.6. The van der Waals surface area contributed by atoms with Crippen LogP contribution in [0.3, 0.4) is 0 Å². The van der Waals surface area contributed by atoms with Gasteiger partial charge in [0.25, 0.3) is 0 Å². The van der Waals surface area contributed by atoms with Crippen molar-refractivity contribution in [1.29, 1.82) is 0 Å². The van der Waals surface area contributed by atoms with Gasteiger partial charge in [0.2, 0.25) is 0 Å². The third kappa shape index (κ3) is 4.56. The third-order valence-electron chi connectivity index (χ3n) is 4.45. The molecule has 2 heterocycles. The molecule has 9 heteroatoms. The fourth-order valence-electron chi connectivity index (χ4n) is 3.02. The maximum Gasteiger partial charge on any atom is 0.434 e. The minimum Gasteiger partial charge on any atom is -0.504 e. The first kappa shape index (κ1) is 19.6. The Bertz CT molecular complexity index is 809. The summed E-state index contributed by atoms with van der Waals surface area (Å²) in [5.41, 5.74) is -0.0673. The zero-order valence-corrected chi connectivity index (χ0v) is 15.4. The molecule has 0 unspecified atom stereocenters. The van der Waals surface area contributed by atoms with Gasteiger partial charge in [0.1, 0.15) is 5.82 Å². The number of hydrogen-bond donors (Lipinski definition) is 1. The minimum atomic E-state index is -4.58. The molecule has 27 heavy (non-hydrogen) atoms. The number of nitrogens with zero attached hydrogens (tertiary/aromatic N) is 3. The lowest BCUT2D eigenvalue weighted by atomic mass is 10.1. The van der Waals surface area contributed by atoms with Crippen molar-refractivity contribution in [2.45, 2.75) is 12.7 Å². The smallest absolute Gasteiger partial charge is 0.434 e.